The molecule has 0 aliphatic carbocycles. The van der Waals surface area contributed by atoms with Crippen LogP contribution in [0.4, 0.5) is 10.5 Å². The first-order valence-corrected chi connectivity index (χ1v) is 9.86. The van der Waals surface area contributed by atoms with Gasteiger partial charge in [-0.15, -0.1) is 0 Å². The summed E-state index contributed by atoms with van der Waals surface area (Å²) in [6.45, 7) is 6.10. The molecule has 1 aliphatic rings. The SMILES string of the molecule is Cc1ccc(N2CC(CNS(=O)(=O)c3ccc(C)c(C)c3)OC2=O)cc1. The number of nitrogens with zero attached hydrogens (tertiary/aromatic N) is 1. The number of aryl methyl sites for hydroxylation is 3. The molecule has 1 saturated heterocycles. The van der Waals surface area contributed by atoms with Crippen molar-refractivity contribution in [2.45, 2.75) is 31.8 Å². The van der Waals surface area contributed by atoms with Crippen LogP contribution in [0.5, 0.6) is 0 Å². The van der Waals surface area contributed by atoms with E-state index in [1.165, 1.54) is 4.90 Å². The van der Waals surface area contributed by atoms with Crippen LogP contribution in [-0.4, -0.2) is 33.7 Å². The van der Waals surface area contributed by atoms with E-state index >= 15 is 0 Å². The maximum atomic E-state index is 12.5. The van der Waals surface area contributed by atoms with Crippen molar-refractivity contribution in [1.82, 2.24) is 4.72 Å². The van der Waals surface area contributed by atoms with Crippen LogP contribution in [-0.2, 0) is 14.8 Å². The Kier molecular flexibility index (Phi) is 5.02. The van der Waals surface area contributed by atoms with Crippen LogP contribution < -0.4 is 9.62 Å². The summed E-state index contributed by atoms with van der Waals surface area (Å²) in [4.78, 5) is 13.8. The molecule has 26 heavy (non-hydrogen) atoms. The number of carbonyl (C=O) groups is 1. The topological polar surface area (TPSA) is 75.7 Å². The van der Waals surface area contributed by atoms with Gasteiger partial charge < -0.3 is 4.74 Å². The highest BCUT2D eigenvalue weighted by Gasteiger charge is 2.33. The fourth-order valence-corrected chi connectivity index (χ4v) is 3.88. The Morgan fingerprint density at radius 3 is 2.42 bits per heavy atom. The quantitative estimate of drug-likeness (QED) is 0.873. The van der Waals surface area contributed by atoms with Crippen molar-refractivity contribution in [2.24, 2.45) is 0 Å². The van der Waals surface area contributed by atoms with Crippen LogP contribution in [0.25, 0.3) is 0 Å². The third kappa shape index (κ3) is 3.89. The first-order valence-electron chi connectivity index (χ1n) is 8.38. The minimum atomic E-state index is -3.65. The first kappa shape index (κ1) is 18.4. The third-order valence-corrected chi connectivity index (χ3v) is 5.93. The van der Waals surface area contributed by atoms with Gasteiger partial charge in [0, 0.05) is 12.2 Å². The molecule has 0 radical (unpaired) electrons. The fourth-order valence-electron chi connectivity index (χ4n) is 2.73. The summed E-state index contributed by atoms with van der Waals surface area (Å²) in [6.07, 6.45) is -1.01. The van der Waals surface area contributed by atoms with E-state index < -0.39 is 22.2 Å². The molecule has 1 aliphatic heterocycles. The van der Waals surface area contributed by atoms with Gasteiger partial charge in [-0.3, -0.25) is 4.90 Å². The lowest BCUT2D eigenvalue weighted by molar-refractivity contribution is 0.143. The van der Waals surface area contributed by atoms with Gasteiger partial charge in [0.2, 0.25) is 10.0 Å². The number of anilines is 1. The predicted octanol–water partition coefficient (Wildman–Crippen LogP) is 2.92. The van der Waals surface area contributed by atoms with E-state index in [0.29, 0.717) is 6.54 Å². The van der Waals surface area contributed by atoms with E-state index in [4.69, 9.17) is 4.74 Å². The second-order valence-electron chi connectivity index (χ2n) is 6.55. The molecule has 0 saturated carbocycles. The summed E-state index contributed by atoms with van der Waals surface area (Å²) < 4.78 is 32.7. The summed E-state index contributed by atoms with van der Waals surface area (Å²) in [5, 5.41) is 0. The zero-order chi connectivity index (χ0) is 18.9. The molecule has 1 amide bonds. The van der Waals surface area contributed by atoms with Crippen molar-refractivity contribution < 1.29 is 17.9 Å². The molecule has 6 nitrogen and oxygen atoms in total. The molecule has 1 heterocycles. The Morgan fingerprint density at radius 1 is 1.08 bits per heavy atom. The number of ether oxygens (including phenoxy) is 1. The number of carbonyl (C=O) groups excluding carboxylic acids is 1. The Morgan fingerprint density at radius 2 is 1.77 bits per heavy atom. The Hall–Kier alpha value is -2.38. The van der Waals surface area contributed by atoms with Crippen molar-refractivity contribution in [3.63, 3.8) is 0 Å². The summed E-state index contributed by atoms with van der Waals surface area (Å²) in [7, 11) is -3.65. The van der Waals surface area contributed by atoms with Gasteiger partial charge in [0.05, 0.1) is 11.4 Å². The molecule has 138 valence electrons. The molecule has 0 bridgehead atoms. The van der Waals surface area contributed by atoms with Crippen LogP contribution in [0.3, 0.4) is 0 Å². The molecule has 1 unspecified atom stereocenters. The van der Waals surface area contributed by atoms with E-state index in [0.717, 1.165) is 22.4 Å². The Labute approximate surface area is 153 Å². The molecule has 7 heteroatoms. The minimum absolute atomic E-state index is 0.0311. The predicted molar refractivity (Wildman–Crippen MR) is 99.9 cm³/mol. The molecule has 1 N–H and O–H groups in total. The van der Waals surface area contributed by atoms with Crippen molar-refractivity contribution in [3.05, 3.63) is 59.2 Å². The average molecular weight is 374 g/mol. The summed E-state index contributed by atoms with van der Waals surface area (Å²) in [6, 6.07) is 12.5. The lowest BCUT2D eigenvalue weighted by atomic mass is 10.1. The number of hydrogen-bond donors (Lipinski definition) is 1. The molecular formula is C19H22N2O4S. The van der Waals surface area contributed by atoms with Gasteiger partial charge in [-0.05, 0) is 56.2 Å². The lowest BCUT2D eigenvalue weighted by Gasteiger charge is -2.13. The Balaban J connectivity index is 1.65. The smallest absolute Gasteiger partial charge is 0.414 e. The van der Waals surface area contributed by atoms with E-state index in [1.807, 2.05) is 45.0 Å². The van der Waals surface area contributed by atoms with Crippen molar-refractivity contribution in [3.8, 4) is 0 Å². The number of amides is 1. The number of nitrogens with one attached hydrogen (secondary N) is 1. The third-order valence-electron chi connectivity index (χ3n) is 4.51. The number of cyclic esters (lactones) is 1. The summed E-state index contributed by atoms with van der Waals surface area (Å²) >= 11 is 0. The van der Waals surface area contributed by atoms with Crippen LogP contribution in [0.1, 0.15) is 16.7 Å². The van der Waals surface area contributed by atoms with Gasteiger partial charge >= 0.3 is 6.09 Å². The molecule has 1 atom stereocenters. The highest BCUT2D eigenvalue weighted by molar-refractivity contribution is 7.89. The molecule has 3 rings (SSSR count). The number of sulfonamides is 1. The molecule has 0 aromatic heterocycles. The Bertz CT molecular complexity index is 923. The van der Waals surface area contributed by atoms with Crippen molar-refractivity contribution in [1.29, 1.82) is 0 Å². The van der Waals surface area contributed by atoms with E-state index in [1.54, 1.807) is 18.2 Å². The van der Waals surface area contributed by atoms with E-state index in [-0.39, 0.29) is 11.4 Å². The van der Waals surface area contributed by atoms with Gasteiger partial charge in [0.1, 0.15) is 6.10 Å². The van der Waals surface area contributed by atoms with Gasteiger partial charge in [0.25, 0.3) is 0 Å². The molecule has 2 aromatic rings. The normalized spacial score (nSPS) is 17.4. The monoisotopic (exact) mass is 374 g/mol. The largest absolute Gasteiger partial charge is 0.443 e. The standard InChI is InChI=1S/C19H22N2O4S/c1-13-4-7-16(8-5-13)21-12-17(25-19(21)22)11-20-26(23,24)18-9-6-14(2)15(3)10-18/h4-10,17,20H,11-12H2,1-3H3. The fraction of sp³-hybridized carbons (Fsp3) is 0.316. The number of rotatable bonds is 5. The molecule has 2 aromatic carbocycles. The van der Waals surface area contributed by atoms with Gasteiger partial charge in [-0.25, -0.2) is 17.9 Å². The van der Waals surface area contributed by atoms with Crippen LogP contribution >= 0.6 is 0 Å². The number of benzene rings is 2. The van der Waals surface area contributed by atoms with Crippen LogP contribution in [0.2, 0.25) is 0 Å². The molecular weight excluding hydrogens is 352 g/mol. The van der Waals surface area contributed by atoms with Crippen molar-refractivity contribution >= 4 is 21.8 Å². The second-order valence-corrected chi connectivity index (χ2v) is 8.32. The molecule has 0 spiro atoms. The lowest BCUT2D eigenvalue weighted by Crippen LogP contribution is -2.34. The van der Waals surface area contributed by atoms with Crippen LogP contribution in [0, 0.1) is 20.8 Å². The minimum Gasteiger partial charge on any atom is -0.443 e. The van der Waals surface area contributed by atoms with E-state index in [9.17, 15) is 13.2 Å². The zero-order valence-electron chi connectivity index (χ0n) is 15.0. The molecule has 1 fully saturated rings. The summed E-state index contributed by atoms with van der Waals surface area (Å²) in [5.41, 5.74) is 3.77. The van der Waals surface area contributed by atoms with E-state index in [2.05, 4.69) is 4.72 Å². The maximum absolute atomic E-state index is 12.5. The maximum Gasteiger partial charge on any atom is 0.414 e. The number of hydrogen-bond acceptors (Lipinski definition) is 4. The van der Waals surface area contributed by atoms with Crippen molar-refractivity contribution in [2.75, 3.05) is 18.0 Å². The first-order chi connectivity index (χ1) is 12.3. The van der Waals surface area contributed by atoms with Crippen LogP contribution in [0.15, 0.2) is 47.4 Å². The highest BCUT2D eigenvalue weighted by Crippen LogP contribution is 2.22. The average Bonchev–Trinajstić information content (AvgIpc) is 2.97. The van der Waals surface area contributed by atoms with Gasteiger partial charge in [-0.1, -0.05) is 23.8 Å². The second kappa shape index (κ2) is 7.09. The summed E-state index contributed by atoms with van der Waals surface area (Å²) in [5.74, 6) is 0. The van der Waals surface area contributed by atoms with Gasteiger partial charge in [0.15, 0.2) is 0 Å². The highest BCUT2D eigenvalue weighted by atomic mass is 32.2. The van der Waals surface area contributed by atoms with Gasteiger partial charge in [-0.2, -0.15) is 0 Å². The zero-order valence-corrected chi connectivity index (χ0v) is 15.8.